The van der Waals surface area contributed by atoms with Crippen molar-refractivity contribution in [3.8, 4) is 6.07 Å². The summed E-state index contributed by atoms with van der Waals surface area (Å²) in [5.74, 6) is -0.742. The number of hydrogen-bond donors (Lipinski definition) is 1. The standard InChI is InChI=1S/C18H26N2O3/c1-12(2)9-13-15(17(13,3)4)16(22)23-10-14(21)20-18(11-19)7-5-6-8-18/h9,13,15H,5-8,10H2,1-4H3,(H,20,21). The van der Waals surface area contributed by atoms with Crippen LogP contribution in [0.1, 0.15) is 53.4 Å². The lowest BCUT2D eigenvalue weighted by Gasteiger charge is -2.21. The van der Waals surface area contributed by atoms with E-state index in [-0.39, 0.29) is 35.7 Å². The van der Waals surface area contributed by atoms with Gasteiger partial charge in [0, 0.05) is 0 Å². The first-order valence-electron chi connectivity index (χ1n) is 8.26. The van der Waals surface area contributed by atoms with Crippen molar-refractivity contribution < 1.29 is 14.3 Å². The smallest absolute Gasteiger partial charge is 0.310 e. The minimum atomic E-state index is -0.771. The molecule has 2 aliphatic rings. The summed E-state index contributed by atoms with van der Waals surface area (Å²) in [4.78, 5) is 24.2. The third kappa shape index (κ3) is 3.74. The van der Waals surface area contributed by atoms with Crippen LogP contribution in [0.5, 0.6) is 0 Å². The van der Waals surface area contributed by atoms with Gasteiger partial charge in [-0.2, -0.15) is 5.26 Å². The second-order valence-electron chi connectivity index (χ2n) is 7.63. The summed E-state index contributed by atoms with van der Waals surface area (Å²) in [6, 6.07) is 2.19. The number of carbonyl (C=O) groups is 2. The number of carbonyl (C=O) groups excluding carboxylic acids is 2. The van der Waals surface area contributed by atoms with E-state index < -0.39 is 5.54 Å². The summed E-state index contributed by atoms with van der Waals surface area (Å²) in [5.41, 5.74) is 0.283. The molecule has 0 aromatic heterocycles. The van der Waals surface area contributed by atoms with Crippen molar-refractivity contribution in [3.05, 3.63) is 11.6 Å². The molecule has 2 unspecified atom stereocenters. The first-order chi connectivity index (χ1) is 10.7. The van der Waals surface area contributed by atoms with E-state index >= 15 is 0 Å². The normalized spacial score (nSPS) is 26.7. The number of allylic oxidation sites excluding steroid dienone is 2. The van der Waals surface area contributed by atoms with E-state index in [0.29, 0.717) is 12.8 Å². The van der Waals surface area contributed by atoms with Gasteiger partial charge in [-0.3, -0.25) is 9.59 Å². The van der Waals surface area contributed by atoms with Crippen LogP contribution in [0.2, 0.25) is 0 Å². The first kappa shape index (κ1) is 17.5. The molecule has 1 amide bonds. The molecule has 0 aliphatic heterocycles. The lowest BCUT2D eigenvalue weighted by atomic mass is 10.00. The Balaban J connectivity index is 1.84. The summed E-state index contributed by atoms with van der Waals surface area (Å²) in [6.07, 6.45) is 5.31. The van der Waals surface area contributed by atoms with Gasteiger partial charge in [0.25, 0.3) is 5.91 Å². The van der Waals surface area contributed by atoms with Crippen LogP contribution in [0.3, 0.4) is 0 Å². The summed E-state index contributed by atoms with van der Waals surface area (Å²) in [7, 11) is 0. The summed E-state index contributed by atoms with van der Waals surface area (Å²) >= 11 is 0. The summed E-state index contributed by atoms with van der Waals surface area (Å²) in [5, 5.41) is 12.0. The number of esters is 1. The van der Waals surface area contributed by atoms with Crippen LogP contribution in [0, 0.1) is 28.6 Å². The van der Waals surface area contributed by atoms with E-state index in [9.17, 15) is 14.9 Å². The number of rotatable bonds is 5. The van der Waals surface area contributed by atoms with E-state index in [4.69, 9.17) is 4.74 Å². The molecular formula is C18H26N2O3. The molecule has 1 N–H and O–H groups in total. The highest BCUT2D eigenvalue weighted by molar-refractivity contribution is 5.84. The Labute approximate surface area is 138 Å². The molecule has 0 aromatic carbocycles. The average molecular weight is 318 g/mol. The number of ether oxygens (including phenoxy) is 1. The highest BCUT2D eigenvalue weighted by Gasteiger charge is 2.61. The molecule has 126 valence electrons. The van der Waals surface area contributed by atoms with Gasteiger partial charge in [-0.15, -0.1) is 0 Å². The molecular weight excluding hydrogens is 292 g/mol. The Morgan fingerprint density at radius 2 is 1.91 bits per heavy atom. The third-order valence-corrected chi connectivity index (χ3v) is 5.07. The maximum Gasteiger partial charge on any atom is 0.310 e. The van der Waals surface area contributed by atoms with Gasteiger partial charge in [0.15, 0.2) is 6.61 Å². The molecule has 2 atom stereocenters. The monoisotopic (exact) mass is 318 g/mol. The number of nitriles is 1. The molecule has 0 bridgehead atoms. The van der Waals surface area contributed by atoms with Crippen LogP contribution in [-0.4, -0.2) is 24.0 Å². The van der Waals surface area contributed by atoms with Gasteiger partial charge >= 0.3 is 5.97 Å². The van der Waals surface area contributed by atoms with Crippen molar-refractivity contribution in [2.24, 2.45) is 17.3 Å². The van der Waals surface area contributed by atoms with E-state index in [2.05, 4.69) is 17.5 Å². The van der Waals surface area contributed by atoms with Crippen molar-refractivity contribution in [2.45, 2.75) is 58.9 Å². The summed E-state index contributed by atoms with van der Waals surface area (Å²) < 4.78 is 5.19. The quantitative estimate of drug-likeness (QED) is 0.624. The Morgan fingerprint density at radius 1 is 1.30 bits per heavy atom. The van der Waals surface area contributed by atoms with Crippen LogP contribution < -0.4 is 5.32 Å². The van der Waals surface area contributed by atoms with E-state index in [0.717, 1.165) is 12.8 Å². The number of nitrogens with zero attached hydrogens (tertiary/aromatic N) is 1. The van der Waals surface area contributed by atoms with Crippen LogP contribution in [0.4, 0.5) is 0 Å². The first-order valence-corrected chi connectivity index (χ1v) is 8.26. The molecule has 0 saturated heterocycles. The number of hydrogen-bond acceptors (Lipinski definition) is 4. The molecule has 2 saturated carbocycles. The fourth-order valence-electron chi connectivity index (χ4n) is 3.57. The Kier molecular flexibility index (Phi) is 4.84. The predicted molar refractivity (Wildman–Crippen MR) is 86.1 cm³/mol. The lowest BCUT2D eigenvalue weighted by Crippen LogP contribution is -2.46. The maximum absolute atomic E-state index is 12.2. The molecule has 2 fully saturated rings. The highest BCUT2D eigenvalue weighted by Crippen LogP contribution is 2.59. The zero-order chi connectivity index (χ0) is 17.3. The lowest BCUT2D eigenvalue weighted by molar-refractivity contribution is -0.151. The van der Waals surface area contributed by atoms with Crippen LogP contribution in [-0.2, 0) is 14.3 Å². The molecule has 5 heteroatoms. The van der Waals surface area contributed by atoms with E-state index in [1.807, 2.05) is 27.7 Å². The highest BCUT2D eigenvalue weighted by atomic mass is 16.5. The van der Waals surface area contributed by atoms with E-state index in [1.165, 1.54) is 5.57 Å². The van der Waals surface area contributed by atoms with Crippen molar-refractivity contribution in [1.29, 1.82) is 5.26 Å². The zero-order valence-electron chi connectivity index (χ0n) is 14.4. The van der Waals surface area contributed by atoms with Crippen molar-refractivity contribution >= 4 is 11.9 Å². The molecule has 5 nitrogen and oxygen atoms in total. The van der Waals surface area contributed by atoms with Gasteiger partial charge in [-0.1, -0.05) is 25.5 Å². The van der Waals surface area contributed by atoms with Gasteiger partial charge in [-0.05, 0) is 50.9 Å². The second-order valence-corrected chi connectivity index (χ2v) is 7.63. The van der Waals surface area contributed by atoms with E-state index in [1.54, 1.807) is 0 Å². The van der Waals surface area contributed by atoms with Crippen LogP contribution >= 0.6 is 0 Å². The van der Waals surface area contributed by atoms with Gasteiger partial charge in [0.1, 0.15) is 5.54 Å². The van der Waals surface area contributed by atoms with Gasteiger partial charge in [-0.25, -0.2) is 0 Å². The van der Waals surface area contributed by atoms with Gasteiger partial charge < -0.3 is 10.1 Å². The minimum absolute atomic E-state index is 0.121. The topological polar surface area (TPSA) is 79.2 Å². The Morgan fingerprint density at radius 3 is 2.43 bits per heavy atom. The third-order valence-electron chi connectivity index (χ3n) is 5.07. The molecule has 2 rings (SSSR count). The molecule has 23 heavy (non-hydrogen) atoms. The fraction of sp³-hybridized carbons (Fsp3) is 0.722. The predicted octanol–water partition coefficient (Wildman–Crippen LogP) is 2.72. The summed E-state index contributed by atoms with van der Waals surface area (Å²) in [6.45, 7) is 7.77. The molecule has 2 aliphatic carbocycles. The Hall–Kier alpha value is -1.83. The molecule has 0 radical (unpaired) electrons. The zero-order valence-corrected chi connectivity index (χ0v) is 14.4. The van der Waals surface area contributed by atoms with Crippen molar-refractivity contribution in [2.75, 3.05) is 6.61 Å². The second kappa shape index (κ2) is 6.35. The maximum atomic E-state index is 12.2. The van der Waals surface area contributed by atoms with Crippen molar-refractivity contribution in [3.63, 3.8) is 0 Å². The molecule has 0 aromatic rings. The van der Waals surface area contributed by atoms with Gasteiger partial charge in [0.2, 0.25) is 0 Å². The van der Waals surface area contributed by atoms with Crippen LogP contribution in [0.15, 0.2) is 11.6 Å². The van der Waals surface area contributed by atoms with Crippen LogP contribution in [0.25, 0.3) is 0 Å². The largest absolute Gasteiger partial charge is 0.455 e. The number of nitrogens with one attached hydrogen (secondary N) is 1. The number of amides is 1. The average Bonchev–Trinajstić information content (AvgIpc) is 2.84. The SMILES string of the molecule is CC(C)=CC1C(C(=O)OCC(=O)NC2(C#N)CCCC2)C1(C)C. The van der Waals surface area contributed by atoms with Crippen molar-refractivity contribution in [1.82, 2.24) is 5.32 Å². The van der Waals surface area contributed by atoms with Gasteiger partial charge in [0.05, 0.1) is 12.0 Å². The molecule has 0 heterocycles. The fourth-order valence-corrected chi connectivity index (χ4v) is 3.57. The molecule has 0 spiro atoms. The Bertz CT molecular complexity index is 561. The minimum Gasteiger partial charge on any atom is -0.455 e.